The van der Waals surface area contributed by atoms with E-state index in [1.54, 1.807) is 17.8 Å². The molecule has 0 saturated carbocycles. The molecule has 166 valence electrons. The molecule has 0 aliphatic heterocycles. The van der Waals surface area contributed by atoms with Crippen LogP contribution >= 0.6 is 0 Å². The molecule has 8 heteroatoms. The van der Waals surface area contributed by atoms with Crippen LogP contribution in [-0.2, 0) is 25.7 Å². The van der Waals surface area contributed by atoms with Crippen LogP contribution in [0, 0.1) is 13.8 Å². The molecule has 0 aliphatic carbocycles. The number of guanidine groups is 1. The standard InChI is InChI=1S/C23H33N7O/c1-6-24-22(26-16-23(4,31)20-12-27-29(5)15-20)25-13-21-17(2)28-30(18(21)3)14-19-10-8-7-9-11-19/h7-12,15,31H,6,13-14,16H2,1-5H3,(H2,24,25,26). The molecular weight excluding hydrogens is 390 g/mol. The number of benzene rings is 1. The summed E-state index contributed by atoms with van der Waals surface area (Å²) >= 11 is 0. The third kappa shape index (κ3) is 5.73. The molecule has 2 aromatic heterocycles. The number of aliphatic hydroxyl groups is 1. The van der Waals surface area contributed by atoms with Crippen LogP contribution in [0.5, 0.6) is 0 Å². The first-order valence-corrected chi connectivity index (χ1v) is 10.6. The number of nitrogens with one attached hydrogen (secondary N) is 2. The average molecular weight is 424 g/mol. The van der Waals surface area contributed by atoms with Gasteiger partial charge in [0.2, 0.25) is 0 Å². The van der Waals surface area contributed by atoms with Gasteiger partial charge in [-0.3, -0.25) is 9.36 Å². The molecule has 3 aromatic rings. The Morgan fingerprint density at radius 1 is 1.19 bits per heavy atom. The lowest BCUT2D eigenvalue weighted by Gasteiger charge is -2.23. The summed E-state index contributed by atoms with van der Waals surface area (Å²) < 4.78 is 3.71. The van der Waals surface area contributed by atoms with Gasteiger partial charge in [0.05, 0.1) is 31.5 Å². The normalized spacial score (nSPS) is 13.8. The molecule has 0 fully saturated rings. The molecule has 8 nitrogen and oxygen atoms in total. The predicted molar refractivity (Wildman–Crippen MR) is 123 cm³/mol. The van der Waals surface area contributed by atoms with Crippen molar-refractivity contribution in [3.63, 3.8) is 0 Å². The Hall–Kier alpha value is -3.13. The van der Waals surface area contributed by atoms with E-state index in [2.05, 4.69) is 34.8 Å². The van der Waals surface area contributed by atoms with E-state index in [1.807, 2.05) is 50.0 Å². The van der Waals surface area contributed by atoms with Crippen molar-refractivity contribution in [1.29, 1.82) is 0 Å². The zero-order valence-electron chi connectivity index (χ0n) is 19.1. The molecule has 0 saturated heterocycles. The number of nitrogens with zero attached hydrogens (tertiary/aromatic N) is 5. The summed E-state index contributed by atoms with van der Waals surface area (Å²) in [5.74, 6) is 0.654. The van der Waals surface area contributed by atoms with Gasteiger partial charge < -0.3 is 15.7 Å². The number of hydrogen-bond donors (Lipinski definition) is 3. The number of hydrogen-bond acceptors (Lipinski definition) is 4. The van der Waals surface area contributed by atoms with Crippen LogP contribution in [0.2, 0.25) is 0 Å². The second-order valence-electron chi connectivity index (χ2n) is 8.02. The smallest absolute Gasteiger partial charge is 0.191 e. The van der Waals surface area contributed by atoms with E-state index in [0.717, 1.165) is 35.6 Å². The monoisotopic (exact) mass is 423 g/mol. The number of aromatic nitrogens is 4. The van der Waals surface area contributed by atoms with E-state index in [0.29, 0.717) is 19.0 Å². The van der Waals surface area contributed by atoms with Crippen LogP contribution in [0.25, 0.3) is 0 Å². The maximum absolute atomic E-state index is 10.8. The van der Waals surface area contributed by atoms with Crippen molar-refractivity contribution in [2.45, 2.75) is 46.4 Å². The van der Waals surface area contributed by atoms with Crippen molar-refractivity contribution < 1.29 is 5.11 Å². The summed E-state index contributed by atoms with van der Waals surface area (Å²) in [6.07, 6.45) is 3.50. The molecule has 1 atom stereocenters. The Morgan fingerprint density at radius 2 is 1.94 bits per heavy atom. The Morgan fingerprint density at radius 3 is 2.58 bits per heavy atom. The summed E-state index contributed by atoms with van der Waals surface area (Å²) in [4.78, 5) is 4.74. The van der Waals surface area contributed by atoms with Crippen molar-refractivity contribution in [2.24, 2.45) is 12.0 Å². The van der Waals surface area contributed by atoms with E-state index in [9.17, 15) is 5.11 Å². The van der Waals surface area contributed by atoms with Gasteiger partial charge in [-0.1, -0.05) is 30.3 Å². The van der Waals surface area contributed by atoms with Crippen molar-refractivity contribution >= 4 is 5.96 Å². The minimum absolute atomic E-state index is 0.315. The van der Waals surface area contributed by atoms with Crippen molar-refractivity contribution in [3.8, 4) is 0 Å². The van der Waals surface area contributed by atoms with E-state index in [1.165, 1.54) is 5.56 Å². The molecule has 1 unspecified atom stereocenters. The summed E-state index contributed by atoms with van der Waals surface area (Å²) in [7, 11) is 1.83. The summed E-state index contributed by atoms with van der Waals surface area (Å²) in [6.45, 7) is 10.2. The highest BCUT2D eigenvalue weighted by Crippen LogP contribution is 2.19. The third-order valence-corrected chi connectivity index (χ3v) is 5.37. The molecule has 3 N–H and O–H groups in total. The van der Waals surface area contributed by atoms with Crippen LogP contribution in [0.15, 0.2) is 47.7 Å². The number of aliphatic imine (C=N–C) groups is 1. The highest BCUT2D eigenvalue weighted by molar-refractivity contribution is 5.79. The van der Waals surface area contributed by atoms with E-state index >= 15 is 0 Å². The Bertz CT molecular complexity index is 1020. The molecule has 0 amide bonds. The van der Waals surface area contributed by atoms with E-state index in [-0.39, 0.29) is 0 Å². The van der Waals surface area contributed by atoms with Gasteiger partial charge >= 0.3 is 0 Å². The second kappa shape index (κ2) is 9.78. The number of aryl methyl sites for hydroxylation is 2. The Kier molecular flexibility index (Phi) is 7.12. The van der Waals surface area contributed by atoms with Crippen LogP contribution in [0.4, 0.5) is 0 Å². The van der Waals surface area contributed by atoms with Gasteiger partial charge in [0.15, 0.2) is 5.96 Å². The summed E-state index contributed by atoms with van der Waals surface area (Å²) in [6, 6.07) is 10.3. The van der Waals surface area contributed by atoms with Gasteiger partial charge in [0.25, 0.3) is 0 Å². The first-order valence-electron chi connectivity index (χ1n) is 10.6. The molecule has 3 rings (SSSR count). The van der Waals surface area contributed by atoms with Gasteiger partial charge in [0.1, 0.15) is 5.60 Å². The predicted octanol–water partition coefficient (Wildman–Crippen LogP) is 2.24. The first kappa shape index (κ1) is 22.6. The topological polar surface area (TPSA) is 92.3 Å². The van der Waals surface area contributed by atoms with Crippen LogP contribution in [0.3, 0.4) is 0 Å². The maximum Gasteiger partial charge on any atom is 0.191 e. The van der Waals surface area contributed by atoms with E-state index in [4.69, 9.17) is 10.1 Å². The second-order valence-corrected chi connectivity index (χ2v) is 8.02. The summed E-state index contributed by atoms with van der Waals surface area (Å²) in [5.41, 5.74) is 4.13. The first-order chi connectivity index (χ1) is 14.8. The average Bonchev–Trinajstić information content (AvgIpc) is 3.29. The fraction of sp³-hybridized carbons (Fsp3) is 0.435. The van der Waals surface area contributed by atoms with Crippen LogP contribution < -0.4 is 10.6 Å². The number of rotatable bonds is 8. The van der Waals surface area contributed by atoms with Gasteiger partial charge in [-0.15, -0.1) is 0 Å². The fourth-order valence-corrected chi connectivity index (χ4v) is 3.43. The van der Waals surface area contributed by atoms with Gasteiger partial charge in [-0.2, -0.15) is 10.2 Å². The SMILES string of the molecule is CCNC(=NCc1c(C)nn(Cc2ccccc2)c1C)NCC(C)(O)c1cnn(C)c1. The minimum atomic E-state index is -1.06. The van der Waals surface area contributed by atoms with Crippen molar-refractivity contribution in [2.75, 3.05) is 13.1 Å². The highest BCUT2D eigenvalue weighted by Gasteiger charge is 2.25. The largest absolute Gasteiger partial charge is 0.383 e. The lowest BCUT2D eigenvalue weighted by Crippen LogP contribution is -2.44. The molecule has 31 heavy (non-hydrogen) atoms. The maximum atomic E-state index is 10.8. The molecule has 0 bridgehead atoms. The zero-order chi connectivity index (χ0) is 22.4. The summed E-state index contributed by atoms with van der Waals surface area (Å²) in [5, 5.41) is 26.2. The Labute approximate surface area is 184 Å². The zero-order valence-corrected chi connectivity index (χ0v) is 19.1. The molecule has 0 spiro atoms. The van der Waals surface area contributed by atoms with Gasteiger partial charge in [-0.25, -0.2) is 4.99 Å². The Balaban J connectivity index is 1.70. The lowest BCUT2D eigenvalue weighted by atomic mass is 10.00. The molecule has 2 heterocycles. The molecule has 1 aromatic carbocycles. The van der Waals surface area contributed by atoms with Crippen LogP contribution in [-0.4, -0.2) is 43.7 Å². The molecule has 0 aliphatic rings. The van der Waals surface area contributed by atoms with Gasteiger partial charge in [0, 0.05) is 36.6 Å². The van der Waals surface area contributed by atoms with Crippen molar-refractivity contribution in [1.82, 2.24) is 30.2 Å². The van der Waals surface area contributed by atoms with Crippen molar-refractivity contribution in [3.05, 3.63) is 70.8 Å². The molecular formula is C23H33N7O. The van der Waals surface area contributed by atoms with E-state index < -0.39 is 5.60 Å². The highest BCUT2D eigenvalue weighted by atomic mass is 16.3. The minimum Gasteiger partial charge on any atom is -0.383 e. The van der Waals surface area contributed by atoms with Crippen LogP contribution in [0.1, 0.15) is 41.9 Å². The fourth-order valence-electron chi connectivity index (χ4n) is 3.43. The quantitative estimate of drug-likeness (QED) is 0.382. The molecule has 0 radical (unpaired) electrons. The lowest BCUT2D eigenvalue weighted by molar-refractivity contribution is 0.0616. The van der Waals surface area contributed by atoms with Gasteiger partial charge in [-0.05, 0) is 33.3 Å². The third-order valence-electron chi connectivity index (χ3n) is 5.37.